The van der Waals surface area contributed by atoms with Gasteiger partial charge in [-0.1, -0.05) is 20.8 Å². The van der Waals surface area contributed by atoms with Crippen molar-refractivity contribution in [3.63, 3.8) is 0 Å². The van der Waals surface area contributed by atoms with Crippen LogP contribution in [0.5, 0.6) is 0 Å². The van der Waals surface area contributed by atoms with Crippen LogP contribution in [-0.4, -0.2) is 16.6 Å². The maximum atomic E-state index is 5.76. The highest BCUT2D eigenvalue weighted by Gasteiger charge is 2.22. The first-order valence-electron chi connectivity index (χ1n) is 8.57. The van der Waals surface area contributed by atoms with Gasteiger partial charge in [0.1, 0.15) is 5.82 Å². The van der Waals surface area contributed by atoms with E-state index in [1.54, 1.807) is 11.9 Å². The number of anilines is 2. The smallest absolute Gasteiger partial charge is 0.115 e. The van der Waals surface area contributed by atoms with Crippen molar-refractivity contribution in [2.24, 2.45) is 0 Å². The molecular weight excluding hydrogens is 328 g/mol. The Kier molecular flexibility index (Phi) is 4.69. The fourth-order valence-corrected chi connectivity index (χ4v) is 3.74. The van der Waals surface area contributed by atoms with Crippen molar-refractivity contribution in [1.82, 2.24) is 9.55 Å². The maximum absolute atomic E-state index is 5.76. The van der Waals surface area contributed by atoms with E-state index in [0.717, 1.165) is 34.2 Å². The number of hydrogen-bond donors (Lipinski definition) is 1. The summed E-state index contributed by atoms with van der Waals surface area (Å²) in [6, 6.07) is 14.4. The van der Waals surface area contributed by atoms with Crippen LogP contribution < -0.4 is 10.0 Å². The lowest BCUT2D eigenvalue weighted by Gasteiger charge is -2.19. The number of fused-ring (bicyclic) bond motifs is 1. The number of benzene rings is 2. The second kappa shape index (κ2) is 6.64. The SMILES string of the molecule is CCn1c(C(C)(C)C)nc2cc(N(C)Sc3ccc(N)cc3)ccc21. The van der Waals surface area contributed by atoms with Crippen molar-refractivity contribution >= 4 is 34.4 Å². The Morgan fingerprint density at radius 1 is 1.12 bits per heavy atom. The van der Waals surface area contributed by atoms with Gasteiger partial charge in [-0.05, 0) is 61.3 Å². The van der Waals surface area contributed by atoms with Crippen LogP contribution in [0.2, 0.25) is 0 Å². The van der Waals surface area contributed by atoms with E-state index in [1.807, 2.05) is 24.3 Å². The van der Waals surface area contributed by atoms with Gasteiger partial charge in [0.05, 0.1) is 11.0 Å². The van der Waals surface area contributed by atoms with E-state index in [9.17, 15) is 0 Å². The molecule has 1 aromatic heterocycles. The molecule has 0 aliphatic carbocycles. The third-order valence-corrected chi connectivity index (χ3v) is 5.17. The van der Waals surface area contributed by atoms with E-state index >= 15 is 0 Å². The Bertz CT molecular complexity index is 875. The zero-order valence-electron chi connectivity index (χ0n) is 15.6. The van der Waals surface area contributed by atoms with Crippen molar-refractivity contribution in [1.29, 1.82) is 0 Å². The first kappa shape index (κ1) is 17.7. The average molecular weight is 355 g/mol. The molecule has 0 spiro atoms. The van der Waals surface area contributed by atoms with E-state index < -0.39 is 0 Å². The summed E-state index contributed by atoms with van der Waals surface area (Å²) in [5.41, 5.74) is 9.96. The van der Waals surface area contributed by atoms with Crippen molar-refractivity contribution in [2.75, 3.05) is 17.1 Å². The summed E-state index contributed by atoms with van der Waals surface area (Å²) >= 11 is 1.68. The van der Waals surface area contributed by atoms with Gasteiger partial charge in [0.2, 0.25) is 0 Å². The van der Waals surface area contributed by atoms with E-state index in [4.69, 9.17) is 10.7 Å². The normalized spacial score (nSPS) is 11.9. The molecule has 3 aromatic rings. The first-order chi connectivity index (χ1) is 11.8. The van der Waals surface area contributed by atoms with E-state index in [2.05, 4.69) is 61.8 Å². The van der Waals surface area contributed by atoms with Gasteiger partial charge >= 0.3 is 0 Å². The van der Waals surface area contributed by atoms with Gasteiger partial charge in [-0.25, -0.2) is 4.98 Å². The summed E-state index contributed by atoms with van der Waals surface area (Å²) in [7, 11) is 2.07. The second-order valence-corrected chi connectivity index (χ2v) is 8.46. The van der Waals surface area contributed by atoms with Crippen LogP contribution in [0.1, 0.15) is 33.5 Å². The lowest BCUT2D eigenvalue weighted by Crippen LogP contribution is -2.18. The summed E-state index contributed by atoms with van der Waals surface area (Å²) in [4.78, 5) is 6.09. The summed E-state index contributed by atoms with van der Waals surface area (Å²) in [6.07, 6.45) is 0. The van der Waals surface area contributed by atoms with Crippen molar-refractivity contribution in [3.05, 3.63) is 48.3 Å². The second-order valence-electron chi connectivity index (χ2n) is 7.26. The highest BCUT2D eigenvalue weighted by atomic mass is 32.2. The molecule has 0 saturated heterocycles. The molecule has 0 amide bonds. The minimum Gasteiger partial charge on any atom is -0.399 e. The van der Waals surface area contributed by atoms with Gasteiger partial charge in [0.25, 0.3) is 0 Å². The van der Waals surface area contributed by atoms with Gasteiger partial charge in [0.15, 0.2) is 0 Å². The van der Waals surface area contributed by atoms with Crippen LogP contribution >= 0.6 is 11.9 Å². The number of nitrogens with zero attached hydrogens (tertiary/aromatic N) is 3. The maximum Gasteiger partial charge on any atom is 0.115 e. The molecule has 5 heteroatoms. The largest absolute Gasteiger partial charge is 0.399 e. The molecule has 25 heavy (non-hydrogen) atoms. The molecule has 0 saturated carbocycles. The predicted molar refractivity (Wildman–Crippen MR) is 109 cm³/mol. The molecule has 3 rings (SSSR count). The fourth-order valence-electron chi connectivity index (χ4n) is 2.95. The molecule has 1 heterocycles. The topological polar surface area (TPSA) is 47.1 Å². The molecule has 0 aliphatic heterocycles. The van der Waals surface area contributed by atoms with Crippen LogP contribution in [0, 0.1) is 0 Å². The molecule has 0 unspecified atom stereocenters. The molecular formula is C20H26N4S. The van der Waals surface area contributed by atoms with Crippen LogP contribution in [-0.2, 0) is 12.0 Å². The fraction of sp³-hybridized carbons (Fsp3) is 0.350. The minimum atomic E-state index is 0.0276. The van der Waals surface area contributed by atoms with Crippen molar-refractivity contribution in [3.8, 4) is 0 Å². The third-order valence-electron chi connectivity index (χ3n) is 4.20. The molecule has 0 fully saturated rings. The lowest BCUT2D eigenvalue weighted by atomic mass is 9.96. The number of hydrogen-bond acceptors (Lipinski definition) is 4. The van der Waals surface area contributed by atoms with Crippen LogP contribution in [0.4, 0.5) is 11.4 Å². The van der Waals surface area contributed by atoms with Gasteiger partial charge < -0.3 is 14.6 Å². The van der Waals surface area contributed by atoms with Crippen molar-refractivity contribution in [2.45, 2.75) is 44.6 Å². The first-order valence-corrected chi connectivity index (χ1v) is 9.35. The van der Waals surface area contributed by atoms with Gasteiger partial charge in [-0.2, -0.15) is 0 Å². The Labute approximate surface area is 154 Å². The lowest BCUT2D eigenvalue weighted by molar-refractivity contribution is 0.512. The minimum absolute atomic E-state index is 0.0276. The van der Waals surface area contributed by atoms with Gasteiger partial charge in [0, 0.05) is 35.3 Å². The van der Waals surface area contributed by atoms with E-state index in [-0.39, 0.29) is 5.41 Å². The van der Waals surface area contributed by atoms with Crippen LogP contribution in [0.25, 0.3) is 11.0 Å². The highest BCUT2D eigenvalue weighted by molar-refractivity contribution is 8.00. The average Bonchev–Trinajstić information content (AvgIpc) is 2.95. The molecule has 0 atom stereocenters. The predicted octanol–water partition coefficient (Wildman–Crippen LogP) is 5.08. The molecule has 4 nitrogen and oxygen atoms in total. The number of nitrogens with two attached hydrogens (primary N) is 1. The number of imidazole rings is 1. The number of aryl methyl sites for hydroxylation is 1. The zero-order valence-corrected chi connectivity index (χ0v) is 16.4. The Balaban J connectivity index is 1.94. The highest BCUT2D eigenvalue weighted by Crippen LogP contribution is 2.32. The quantitative estimate of drug-likeness (QED) is 0.524. The number of aromatic nitrogens is 2. The Hall–Kier alpha value is -2.14. The summed E-state index contributed by atoms with van der Waals surface area (Å²) < 4.78 is 4.47. The van der Waals surface area contributed by atoms with Crippen LogP contribution in [0.3, 0.4) is 0 Å². The third kappa shape index (κ3) is 3.61. The molecule has 2 N–H and O–H groups in total. The Morgan fingerprint density at radius 2 is 1.80 bits per heavy atom. The van der Waals surface area contributed by atoms with E-state index in [1.165, 1.54) is 5.52 Å². The zero-order chi connectivity index (χ0) is 18.2. The summed E-state index contributed by atoms with van der Waals surface area (Å²) in [5, 5.41) is 0. The van der Waals surface area contributed by atoms with Gasteiger partial charge in [-0.15, -0.1) is 0 Å². The van der Waals surface area contributed by atoms with Crippen molar-refractivity contribution < 1.29 is 0 Å². The molecule has 0 bridgehead atoms. The molecule has 2 aromatic carbocycles. The van der Waals surface area contributed by atoms with Crippen LogP contribution in [0.15, 0.2) is 47.4 Å². The number of nitrogen functional groups attached to an aromatic ring is 1. The van der Waals surface area contributed by atoms with Gasteiger partial charge in [-0.3, -0.25) is 0 Å². The molecule has 0 radical (unpaired) electrons. The Morgan fingerprint density at radius 3 is 2.40 bits per heavy atom. The van der Waals surface area contributed by atoms with E-state index in [0.29, 0.717) is 0 Å². The summed E-state index contributed by atoms with van der Waals surface area (Å²) in [5.74, 6) is 1.14. The molecule has 132 valence electrons. The summed E-state index contributed by atoms with van der Waals surface area (Å²) in [6.45, 7) is 9.74. The number of rotatable bonds is 4. The molecule has 0 aliphatic rings. The standard InChI is InChI=1S/C20H26N4S/c1-6-24-18-12-9-15(13-17(18)22-19(24)20(2,3)4)23(5)25-16-10-7-14(21)8-11-16/h7-13H,6,21H2,1-5H3. The monoisotopic (exact) mass is 354 g/mol.